The Morgan fingerprint density at radius 1 is 1.10 bits per heavy atom. The first kappa shape index (κ1) is 14.4. The van der Waals surface area contributed by atoms with Gasteiger partial charge in [0.2, 0.25) is 5.82 Å². The Kier molecular flexibility index (Phi) is 3.96. The summed E-state index contributed by atoms with van der Waals surface area (Å²) in [5, 5.41) is 3.03. The average Bonchev–Trinajstić information content (AvgIpc) is 2.40. The van der Waals surface area contributed by atoms with E-state index < -0.39 is 12.0 Å². The molecule has 1 aromatic carbocycles. The predicted octanol–water partition coefficient (Wildman–Crippen LogP) is 3.18. The van der Waals surface area contributed by atoms with E-state index in [1.807, 2.05) is 0 Å². The third kappa shape index (κ3) is 3.28. The molecule has 106 valence electrons. The lowest BCUT2D eigenvalue weighted by Crippen LogP contribution is -2.16. The van der Waals surface area contributed by atoms with Crippen LogP contribution in [0.4, 0.5) is 30.5 Å². The van der Waals surface area contributed by atoms with Crippen molar-refractivity contribution in [2.24, 2.45) is 5.84 Å². The lowest BCUT2D eigenvalue weighted by molar-refractivity contribution is -0.144. The molecule has 0 radical (unpaired) electrons. The van der Waals surface area contributed by atoms with Crippen LogP contribution in [-0.4, -0.2) is 9.97 Å². The van der Waals surface area contributed by atoms with Crippen LogP contribution in [-0.2, 0) is 6.18 Å². The fourth-order valence-corrected chi connectivity index (χ4v) is 1.60. The van der Waals surface area contributed by atoms with Crippen molar-refractivity contribution in [1.29, 1.82) is 0 Å². The van der Waals surface area contributed by atoms with Gasteiger partial charge < -0.3 is 10.7 Å². The number of nitrogen functional groups attached to an aromatic ring is 1. The molecule has 0 bridgehead atoms. The van der Waals surface area contributed by atoms with Crippen LogP contribution < -0.4 is 16.6 Å². The first-order valence-corrected chi connectivity index (χ1v) is 5.72. The highest BCUT2D eigenvalue weighted by Crippen LogP contribution is 2.30. The Labute approximate surface area is 117 Å². The van der Waals surface area contributed by atoms with Crippen LogP contribution in [0.15, 0.2) is 30.3 Å². The second-order valence-electron chi connectivity index (χ2n) is 3.71. The number of halogens is 4. The van der Waals surface area contributed by atoms with E-state index in [9.17, 15) is 13.2 Å². The summed E-state index contributed by atoms with van der Waals surface area (Å²) in [4.78, 5) is 6.63. The van der Waals surface area contributed by atoms with Crippen LogP contribution in [0.1, 0.15) is 5.82 Å². The van der Waals surface area contributed by atoms with Gasteiger partial charge in [0.25, 0.3) is 0 Å². The van der Waals surface area contributed by atoms with Crippen molar-refractivity contribution in [2.45, 2.75) is 6.18 Å². The Balaban J connectivity index is 2.39. The maximum absolute atomic E-state index is 12.7. The number of rotatable bonds is 3. The normalized spacial score (nSPS) is 11.2. The van der Waals surface area contributed by atoms with Gasteiger partial charge in [-0.25, -0.2) is 15.8 Å². The molecule has 0 aliphatic rings. The summed E-state index contributed by atoms with van der Waals surface area (Å²) in [6.45, 7) is 0. The molecular formula is C11H9ClF3N5. The van der Waals surface area contributed by atoms with Gasteiger partial charge in [-0.1, -0.05) is 23.7 Å². The molecule has 0 unspecified atom stereocenters. The van der Waals surface area contributed by atoms with Gasteiger partial charge in [0.1, 0.15) is 11.6 Å². The number of benzene rings is 1. The van der Waals surface area contributed by atoms with Gasteiger partial charge in [0.15, 0.2) is 0 Å². The van der Waals surface area contributed by atoms with Crippen LogP contribution >= 0.6 is 11.6 Å². The zero-order valence-electron chi connectivity index (χ0n) is 9.87. The summed E-state index contributed by atoms with van der Waals surface area (Å²) in [5.74, 6) is 3.55. The Hall–Kier alpha value is -2.06. The number of hydrazine groups is 1. The van der Waals surface area contributed by atoms with E-state index in [1.165, 1.54) is 6.07 Å². The topological polar surface area (TPSA) is 75.9 Å². The molecule has 0 fully saturated rings. The van der Waals surface area contributed by atoms with Crippen LogP contribution in [0.25, 0.3) is 0 Å². The second kappa shape index (κ2) is 5.51. The van der Waals surface area contributed by atoms with Gasteiger partial charge in [0, 0.05) is 6.07 Å². The van der Waals surface area contributed by atoms with Crippen molar-refractivity contribution in [1.82, 2.24) is 9.97 Å². The number of para-hydroxylation sites is 1. The lowest BCUT2D eigenvalue weighted by atomic mass is 10.3. The first-order chi connectivity index (χ1) is 9.40. The van der Waals surface area contributed by atoms with Crippen molar-refractivity contribution < 1.29 is 13.2 Å². The van der Waals surface area contributed by atoms with E-state index in [0.717, 1.165) is 0 Å². The fraction of sp³-hybridized carbons (Fsp3) is 0.0909. The van der Waals surface area contributed by atoms with E-state index in [0.29, 0.717) is 10.7 Å². The van der Waals surface area contributed by atoms with E-state index >= 15 is 0 Å². The molecule has 2 rings (SSSR count). The Morgan fingerprint density at radius 3 is 2.35 bits per heavy atom. The molecular weight excluding hydrogens is 295 g/mol. The molecule has 5 nitrogen and oxygen atoms in total. The van der Waals surface area contributed by atoms with Crippen molar-refractivity contribution in [3.8, 4) is 0 Å². The molecule has 1 aromatic heterocycles. The smallest absolute Gasteiger partial charge is 0.339 e. The number of nitrogens with zero attached hydrogens (tertiary/aromatic N) is 2. The van der Waals surface area contributed by atoms with Crippen molar-refractivity contribution in [3.63, 3.8) is 0 Å². The second-order valence-corrected chi connectivity index (χ2v) is 4.12. The molecule has 0 aliphatic carbocycles. The molecule has 2 aromatic rings. The van der Waals surface area contributed by atoms with Crippen molar-refractivity contribution in [2.75, 3.05) is 10.7 Å². The summed E-state index contributed by atoms with van der Waals surface area (Å²) in [7, 11) is 0. The van der Waals surface area contributed by atoms with Crippen LogP contribution in [0.3, 0.4) is 0 Å². The zero-order chi connectivity index (χ0) is 14.8. The van der Waals surface area contributed by atoms with Gasteiger partial charge in [-0.3, -0.25) is 0 Å². The number of alkyl halides is 3. The number of anilines is 3. The molecule has 9 heteroatoms. The SMILES string of the molecule is NNc1cc(Nc2ccccc2Cl)nc(C(F)(F)F)n1. The summed E-state index contributed by atoms with van der Waals surface area (Å²) in [6.07, 6.45) is -4.68. The minimum absolute atomic E-state index is 0.0756. The molecule has 1 heterocycles. The standard InChI is InChI=1S/C11H9ClF3N5/c12-6-3-1-2-4-7(6)17-8-5-9(20-16)19-10(18-8)11(13,14)15/h1-5H,16H2,(H2,17,18,19,20). The summed E-state index contributed by atoms with van der Waals surface area (Å²) in [5.41, 5.74) is 2.48. The van der Waals surface area contributed by atoms with Crippen LogP contribution in [0.2, 0.25) is 5.02 Å². The number of aromatic nitrogens is 2. The van der Waals surface area contributed by atoms with Crippen molar-refractivity contribution in [3.05, 3.63) is 41.2 Å². The maximum Gasteiger partial charge on any atom is 0.451 e. The minimum Gasteiger partial charge on any atom is -0.339 e. The molecule has 0 aliphatic heterocycles. The van der Waals surface area contributed by atoms with Gasteiger partial charge in [-0.15, -0.1) is 0 Å². The summed E-state index contributed by atoms with van der Waals surface area (Å²) < 4.78 is 38.0. The van der Waals surface area contributed by atoms with E-state index in [1.54, 1.807) is 24.3 Å². The molecule has 4 N–H and O–H groups in total. The number of hydrogen-bond donors (Lipinski definition) is 3. The lowest BCUT2D eigenvalue weighted by Gasteiger charge is -2.12. The molecule has 0 saturated heterocycles. The molecule has 0 spiro atoms. The van der Waals surface area contributed by atoms with E-state index in [4.69, 9.17) is 17.4 Å². The highest BCUT2D eigenvalue weighted by atomic mass is 35.5. The molecule has 0 atom stereocenters. The van der Waals surface area contributed by atoms with Crippen LogP contribution in [0.5, 0.6) is 0 Å². The predicted molar refractivity (Wildman–Crippen MR) is 69.6 cm³/mol. The first-order valence-electron chi connectivity index (χ1n) is 5.34. The quantitative estimate of drug-likeness (QED) is 0.600. The van der Waals surface area contributed by atoms with Gasteiger partial charge in [0.05, 0.1) is 10.7 Å². The summed E-state index contributed by atoms with van der Waals surface area (Å²) >= 11 is 5.91. The minimum atomic E-state index is -4.68. The third-order valence-electron chi connectivity index (χ3n) is 2.26. The average molecular weight is 304 g/mol. The van der Waals surface area contributed by atoms with Gasteiger partial charge in [-0.05, 0) is 12.1 Å². The van der Waals surface area contributed by atoms with Crippen LogP contribution in [0, 0.1) is 0 Å². The Bertz CT molecular complexity index is 617. The Morgan fingerprint density at radius 2 is 1.75 bits per heavy atom. The molecule has 0 saturated carbocycles. The number of nitrogens with one attached hydrogen (secondary N) is 2. The van der Waals surface area contributed by atoms with E-state index in [-0.39, 0.29) is 11.6 Å². The van der Waals surface area contributed by atoms with Crippen molar-refractivity contribution >= 4 is 28.9 Å². The monoisotopic (exact) mass is 303 g/mol. The van der Waals surface area contributed by atoms with Gasteiger partial charge in [-0.2, -0.15) is 13.2 Å². The fourth-order valence-electron chi connectivity index (χ4n) is 1.41. The van der Waals surface area contributed by atoms with Gasteiger partial charge >= 0.3 is 6.18 Å². The number of nitrogens with two attached hydrogens (primary N) is 1. The zero-order valence-corrected chi connectivity index (χ0v) is 10.6. The largest absolute Gasteiger partial charge is 0.451 e. The maximum atomic E-state index is 12.7. The van der Waals surface area contributed by atoms with E-state index in [2.05, 4.69) is 20.7 Å². The third-order valence-corrected chi connectivity index (χ3v) is 2.59. The summed E-state index contributed by atoms with van der Waals surface area (Å²) in [6, 6.07) is 7.81. The number of hydrogen-bond acceptors (Lipinski definition) is 5. The molecule has 20 heavy (non-hydrogen) atoms. The highest BCUT2D eigenvalue weighted by molar-refractivity contribution is 6.33. The highest BCUT2D eigenvalue weighted by Gasteiger charge is 2.35. The molecule has 0 amide bonds.